The zero-order valence-corrected chi connectivity index (χ0v) is 58.6. The minimum absolute atomic E-state index is 0.0539. The van der Waals surface area contributed by atoms with Gasteiger partial charge in [0, 0.05) is 129 Å². The number of hydrogen-bond acceptors (Lipinski definition) is 18. The topological polar surface area (TPSA) is 136 Å². The predicted molar refractivity (Wildman–Crippen MR) is 343 cm³/mol. The summed E-state index contributed by atoms with van der Waals surface area (Å²) in [6, 6.07) is 0.254. The molecule has 0 unspecified atom stereocenters. The van der Waals surface area contributed by atoms with E-state index in [9.17, 15) is 0 Å². The summed E-state index contributed by atoms with van der Waals surface area (Å²) in [4.78, 5) is 29.6. The summed E-state index contributed by atoms with van der Waals surface area (Å²) in [6.07, 6.45) is 14.6. The average Bonchev–Trinajstić information content (AvgIpc) is 1.11. The van der Waals surface area contributed by atoms with Gasteiger partial charge in [0.15, 0.2) is 0 Å². The van der Waals surface area contributed by atoms with Gasteiger partial charge in [-0.2, -0.15) is 0 Å². The largest absolute Gasteiger partial charge is 0.473 e. The van der Waals surface area contributed by atoms with E-state index in [4.69, 9.17) is 29.4 Å². The molecule has 6 saturated heterocycles. The molecule has 8 rings (SSSR count). The molecule has 0 radical (unpaired) electrons. The third-order valence-electron chi connectivity index (χ3n) is 21.9. The zero-order valence-electron chi connectivity index (χ0n) is 58.6. The smallest absolute Gasteiger partial charge is 0.239 e. The number of rotatable bonds is 13. The van der Waals surface area contributed by atoms with Crippen LogP contribution in [0.3, 0.4) is 0 Å². The van der Waals surface area contributed by atoms with Gasteiger partial charge in [-0.15, -0.1) is 0 Å². The Kier molecular flexibility index (Phi) is 17.9. The Morgan fingerprint density at radius 1 is 0.369 bits per heavy atom. The molecule has 0 atom stereocenters. The number of piperidine rings is 6. The van der Waals surface area contributed by atoms with Crippen LogP contribution in [0.15, 0.2) is 34.0 Å². The van der Waals surface area contributed by atoms with Crippen LogP contribution in [0.2, 0.25) is 0 Å². The molecule has 0 aromatic heterocycles. The Morgan fingerprint density at radius 2 is 0.595 bits per heavy atom. The summed E-state index contributed by atoms with van der Waals surface area (Å²) in [6.45, 7) is 57.5. The summed E-state index contributed by atoms with van der Waals surface area (Å²) in [5, 5.41) is 21.8. The van der Waals surface area contributed by atoms with Crippen LogP contribution in [-0.4, -0.2) is 196 Å². The lowest BCUT2D eigenvalue weighted by Gasteiger charge is -2.54. The molecule has 0 spiro atoms. The van der Waals surface area contributed by atoms with Gasteiger partial charge in [0.2, 0.25) is 11.8 Å². The van der Waals surface area contributed by atoms with Crippen molar-refractivity contribution in [2.24, 2.45) is 10.2 Å². The molecule has 0 aromatic rings. The lowest BCUT2D eigenvalue weighted by molar-refractivity contribution is -0.257. The third-order valence-corrected chi connectivity index (χ3v) is 21.9. The molecular formula is C66H124N14O4. The van der Waals surface area contributed by atoms with Gasteiger partial charge in [0.1, 0.15) is 23.8 Å². The summed E-state index contributed by atoms with van der Waals surface area (Å²) >= 11 is 0. The van der Waals surface area contributed by atoms with E-state index < -0.39 is 0 Å². The molecule has 0 saturated carbocycles. The first-order chi connectivity index (χ1) is 38.0. The highest BCUT2D eigenvalue weighted by molar-refractivity contribution is 5.89. The van der Waals surface area contributed by atoms with Crippen molar-refractivity contribution in [1.29, 1.82) is 0 Å². The Bertz CT molecular complexity index is 2220. The molecule has 0 bridgehead atoms. The highest BCUT2D eigenvalue weighted by atomic mass is 16.8. The molecule has 8 aliphatic rings. The maximum Gasteiger partial charge on any atom is 0.239 e. The van der Waals surface area contributed by atoms with E-state index in [-0.39, 0.29) is 103 Å². The van der Waals surface area contributed by atoms with E-state index in [0.717, 1.165) is 88.7 Å². The molecule has 18 nitrogen and oxygen atoms in total. The Labute approximate surface area is 511 Å². The van der Waals surface area contributed by atoms with Gasteiger partial charge in [0.25, 0.3) is 0 Å². The third kappa shape index (κ3) is 15.1. The van der Waals surface area contributed by atoms with Gasteiger partial charge in [-0.05, 0) is 246 Å². The van der Waals surface area contributed by atoms with Gasteiger partial charge < -0.3 is 29.9 Å². The zero-order chi connectivity index (χ0) is 62.8. The van der Waals surface area contributed by atoms with Crippen molar-refractivity contribution in [3.8, 4) is 0 Å². The van der Waals surface area contributed by atoms with E-state index in [1.807, 2.05) is 0 Å². The lowest BCUT2D eigenvalue weighted by atomic mass is 9.78. The van der Waals surface area contributed by atoms with Gasteiger partial charge >= 0.3 is 0 Å². The normalized spacial score (nSPS) is 30.0. The number of nitrogens with zero attached hydrogens (tertiary/aromatic N) is 10. The molecule has 0 amide bonds. The van der Waals surface area contributed by atoms with E-state index in [0.29, 0.717) is 24.9 Å². The monoisotopic (exact) mass is 1180 g/mol. The van der Waals surface area contributed by atoms with Gasteiger partial charge in [-0.3, -0.25) is 19.6 Å². The first kappa shape index (κ1) is 66.8. The van der Waals surface area contributed by atoms with Crippen molar-refractivity contribution in [3.05, 3.63) is 23.8 Å². The summed E-state index contributed by atoms with van der Waals surface area (Å²) in [5.74, 6) is 2.97. The minimum atomic E-state index is -0.148. The molecule has 84 heavy (non-hydrogen) atoms. The van der Waals surface area contributed by atoms with Crippen LogP contribution in [0.25, 0.3) is 0 Å². The van der Waals surface area contributed by atoms with Crippen molar-refractivity contribution >= 4 is 11.8 Å². The van der Waals surface area contributed by atoms with Crippen LogP contribution in [0.5, 0.6) is 0 Å². The number of hydrogen-bond donors (Lipinski definition) is 4. The second-order valence-corrected chi connectivity index (χ2v) is 35.3. The van der Waals surface area contributed by atoms with Crippen molar-refractivity contribution in [2.45, 2.75) is 346 Å². The van der Waals surface area contributed by atoms with Crippen LogP contribution in [0.4, 0.5) is 0 Å². The molecular weight excluding hydrogens is 1050 g/mol. The summed E-state index contributed by atoms with van der Waals surface area (Å²) < 4.78 is 14.5. The molecule has 18 heteroatoms. The second kappa shape index (κ2) is 22.4. The maximum atomic E-state index is 7.24. The maximum absolute atomic E-state index is 7.24. The highest BCUT2D eigenvalue weighted by Gasteiger charge is 2.51. The van der Waals surface area contributed by atoms with Crippen molar-refractivity contribution in [1.82, 2.24) is 61.4 Å². The Hall–Kier alpha value is -3.10. The number of hydrazone groups is 2. The van der Waals surface area contributed by atoms with Gasteiger partial charge in [-0.1, -0.05) is 20.8 Å². The molecule has 6 fully saturated rings. The SMILES string of the molecule is CN1C(C)(C)CC(OC2=NN(OC3CC(C)(C)N(C)C(C)(C)C3)NC(N(CCN(C3=CC(OC4CC(C)(C)N(C)C(C)(C)C4)=NN(OC4CC(C)(C)N(C)C(C)(C)C4)N3)C3CC(C)(C)NC(C)(C)C3)C3CC(C)(C)NC(C)(C)C3)=C2)CC1(C)C. The first-order valence-electron chi connectivity index (χ1n) is 32.5. The van der Waals surface area contributed by atoms with Crippen LogP contribution in [0, 0.1) is 0 Å². The standard InChI is InChI=1S/C66H124N14O4/c1-55(2)33-45(34-56(3,4)71-55)77(51-31-53(81-47-37-59(9,10)73(25)60(11,12)38-47)69-79(67-51)83-49-41-63(17,18)75(27)64(19,20)42-49)29-30-78(46-35-57(5,6)72-58(7,8)36-46)52-32-54(82-48-39-61(13,14)74(26)62(15,16)40-48)70-80(68-52)84-50-43-65(21,22)76(28)66(23,24)44-50/h31-32,45-50,67-68,71-72H,29-30,33-44H2,1-28H3. The number of hydrazine groups is 2. The van der Waals surface area contributed by atoms with E-state index in [1.165, 1.54) is 0 Å². The molecule has 8 heterocycles. The quantitative estimate of drug-likeness (QED) is 0.139. The Morgan fingerprint density at radius 3 is 0.833 bits per heavy atom. The number of ether oxygens (including phenoxy) is 2. The molecule has 0 aliphatic carbocycles. The van der Waals surface area contributed by atoms with Crippen LogP contribution in [0.1, 0.15) is 243 Å². The van der Waals surface area contributed by atoms with E-state index >= 15 is 0 Å². The fourth-order valence-corrected chi connectivity index (χ4v) is 17.5. The fraction of sp³-hybridized carbons (Fsp3) is 0.909. The van der Waals surface area contributed by atoms with Gasteiger partial charge in [0.05, 0.1) is 12.2 Å². The van der Waals surface area contributed by atoms with Crippen molar-refractivity contribution < 1.29 is 19.1 Å². The van der Waals surface area contributed by atoms with Crippen molar-refractivity contribution in [3.63, 3.8) is 0 Å². The summed E-state index contributed by atoms with van der Waals surface area (Å²) in [7, 11) is 9.00. The van der Waals surface area contributed by atoms with Crippen LogP contribution in [-0.2, 0) is 19.1 Å². The molecule has 4 N–H and O–H groups in total. The van der Waals surface area contributed by atoms with E-state index in [2.05, 4.69) is 257 Å². The fourth-order valence-electron chi connectivity index (χ4n) is 17.5. The van der Waals surface area contributed by atoms with Gasteiger partial charge in [-0.25, -0.2) is 20.5 Å². The molecule has 482 valence electrons. The number of nitrogens with one attached hydrogen (secondary N) is 4. The predicted octanol–water partition coefficient (Wildman–Crippen LogP) is 10.7. The van der Waals surface area contributed by atoms with Crippen LogP contribution >= 0.6 is 0 Å². The van der Waals surface area contributed by atoms with Crippen LogP contribution < -0.4 is 21.5 Å². The second-order valence-electron chi connectivity index (χ2n) is 35.3. The van der Waals surface area contributed by atoms with E-state index in [1.54, 1.807) is 10.6 Å². The highest BCUT2D eigenvalue weighted by Crippen LogP contribution is 2.44. The lowest BCUT2D eigenvalue weighted by Crippen LogP contribution is -2.65. The average molecular weight is 1180 g/mol. The van der Waals surface area contributed by atoms with Crippen molar-refractivity contribution in [2.75, 3.05) is 41.3 Å². The molecule has 8 aliphatic heterocycles. The number of likely N-dealkylation sites (tertiary alicyclic amines) is 4. The summed E-state index contributed by atoms with van der Waals surface area (Å²) in [5.41, 5.74) is 6.40. The molecule has 0 aromatic carbocycles. The minimum Gasteiger partial charge on any atom is -0.473 e. The first-order valence-corrected chi connectivity index (χ1v) is 32.5. The Balaban J connectivity index is 1.22.